The van der Waals surface area contributed by atoms with Crippen molar-refractivity contribution in [3.8, 4) is 0 Å². The summed E-state index contributed by atoms with van der Waals surface area (Å²) in [6, 6.07) is 14.3. The Morgan fingerprint density at radius 2 is 1.88 bits per heavy atom. The highest BCUT2D eigenvalue weighted by molar-refractivity contribution is 8.00. The number of carbonyl (C=O) groups is 1. The van der Waals surface area contributed by atoms with E-state index in [0.29, 0.717) is 0 Å². The van der Waals surface area contributed by atoms with Crippen molar-refractivity contribution in [3.63, 3.8) is 0 Å². The van der Waals surface area contributed by atoms with Crippen LogP contribution in [0.15, 0.2) is 47.4 Å². The molecule has 0 aliphatic rings. The molecule has 2 rings (SSSR count). The van der Waals surface area contributed by atoms with E-state index in [1.165, 1.54) is 22.5 Å². The highest BCUT2D eigenvalue weighted by Gasteiger charge is 2.10. The number of carbonyl (C=O) groups excluding carboxylic acids is 1. The lowest BCUT2D eigenvalue weighted by Crippen LogP contribution is -2.22. The van der Waals surface area contributed by atoms with Gasteiger partial charge in [0.05, 0.1) is 5.25 Å². The zero-order chi connectivity index (χ0) is 11.5. The molecule has 0 saturated heterocycles. The molecule has 0 bridgehead atoms. The number of amides is 1. The molecule has 2 nitrogen and oxygen atoms in total. The molecule has 1 atom stereocenters. The Hall–Kier alpha value is -1.48. The second kappa shape index (κ2) is 4.58. The summed E-state index contributed by atoms with van der Waals surface area (Å²) in [5, 5.41) is 2.20. The zero-order valence-electron chi connectivity index (χ0n) is 9.01. The molecular formula is C13H13NOS. The standard InChI is InChI=1S/C13H13NOS/c1-9(13(14)15)16-12-7-6-10-4-2-3-5-11(10)8-12/h2-9H,1H3,(H2,14,15). The van der Waals surface area contributed by atoms with Crippen LogP contribution in [0.25, 0.3) is 10.8 Å². The molecule has 0 aromatic heterocycles. The summed E-state index contributed by atoms with van der Waals surface area (Å²) in [6.45, 7) is 1.82. The minimum atomic E-state index is -0.279. The van der Waals surface area contributed by atoms with Crippen LogP contribution in [0.2, 0.25) is 0 Å². The molecule has 2 aromatic carbocycles. The summed E-state index contributed by atoms with van der Waals surface area (Å²) in [4.78, 5) is 12.0. The average Bonchev–Trinajstić information content (AvgIpc) is 2.28. The molecule has 1 amide bonds. The van der Waals surface area contributed by atoms with E-state index >= 15 is 0 Å². The Labute approximate surface area is 98.8 Å². The summed E-state index contributed by atoms with van der Waals surface area (Å²) in [6.07, 6.45) is 0. The summed E-state index contributed by atoms with van der Waals surface area (Å²) >= 11 is 1.49. The summed E-state index contributed by atoms with van der Waals surface area (Å²) in [5.41, 5.74) is 5.24. The molecule has 0 saturated carbocycles. The maximum atomic E-state index is 11.0. The van der Waals surface area contributed by atoms with Gasteiger partial charge in [0.2, 0.25) is 5.91 Å². The first-order valence-corrected chi connectivity index (χ1v) is 5.99. The largest absolute Gasteiger partial charge is 0.369 e. The van der Waals surface area contributed by atoms with Gasteiger partial charge in [0, 0.05) is 4.90 Å². The quantitative estimate of drug-likeness (QED) is 0.825. The van der Waals surface area contributed by atoms with E-state index in [-0.39, 0.29) is 11.2 Å². The fraction of sp³-hybridized carbons (Fsp3) is 0.154. The van der Waals surface area contributed by atoms with Gasteiger partial charge in [-0.2, -0.15) is 0 Å². The molecule has 0 heterocycles. The van der Waals surface area contributed by atoms with Gasteiger partial charge in [-0.05, 0) is 29.8 Å². The Morgan fingerprint density at radius 1 is 1.19 bits per heavy atom. The van der Waals surface area contributed by atoms with E-state index in [4.69, 9.17) is 5.73 Å². The van der Waals surface area contributed by atoms with Crippen LogP contribution >= 0.6 is 11.8 Å². The van der Waals surface area contributed by atoms with Crippen molar-refractivity contribution in [2.75, 3.05) is 0 Å². The van der Waals surface area contributed by atoms with E-state index < -0.39 is 0 Å². The fourth-order valence-corrected chi connectivity index (χ4v) is 2.37. The third-order valence-corrected chi connectivity index (χ3v) is 3.55. The Morgan fingerprint density at radius 3 is 2.56 bits per heavy atom. The highest BCUT2D eigenvalue weighted by atomic mass is 32.2. The van der Waals surface area contributed by atoms with Crippen molar-refractivity contribution in [2.24, 2.45) is 5.73 Å². The van der Waals surface area contributed by atoms with E-state index in [0.717, 1.165) is 4.90 Å². The smallest absolute Gasteiger partial charge is 0.230 e. The Bertz CT molecular complexity index is 524. The average molecular weight is 231 g/mol. The third kappa shape index (κ3) is 2.36. The SMILES string of the molecule is CC(Sc1ccc2ccccc2c1)C(N)=O. The van der Waals surface area contributed by atoms with Gasteiger partial charge in [-0.15, -0.1) is 11.8 Å². The van der Waals surface area contributed by atoms with Crippen LogP contribution in [-0.4, -0.2) is 11.2 Å². The first-order valence-electron chi connectivity index (χ1n) is 5.11. The topological polar surface area (TPSA) is 43.1 Å². The van der Waals surface area contributed by atoms with Gasteiger partial charge in [-0.1, -0.05) is 30.3 Å². The summed E-state index contributed by atoms with van der Waals surface area (Å²) < 4.78 is 0. The number of hydrogen-bond donors (Lipinski definition) is 1. The van der Waals surface area contributed by atoms with Crippen molar-refractivity contribution in [2.45, 2.75) is 17.1 Å². The molecule has 82 valence electrons. The lowest BCUT2D eigenvalue weighted by Gasteiger charge is -2.07. The van der Waals surface area contributed by atoms with Crippen LogP contribution in [0, 0.1) is 0 Å². The molecular weight excluding hydrogens is 218 g/mol. The molecule has 0 radical (unpaired) electrons. The monoisotopic (exact) mass is 231 g/mol. The van der Waals surface area contributed by atoms with Gasteiger partial charge >= 0.3 is 0 Å². The third-order valence-electron chi connectivity index (χ3n) is 2.43. The lowest BCUT2D eigenvalue weighted by molar-refractivity contribution is -0.117. The van der Waals surface area contributed by atoms with E-state index in [2.05, 4.69) is 24.3 Å². The first-order chi connectivity index (χ1) is 7.66. The Balaban J connectivity index is 2.29. The number of hydrogen-bond acceptors (Lipinski definition) is 2. The van der Waals surface area contributed by atoms with Gasteiger partial charge in [-0.25, -0.2) is 0 Å². The molecule has 2 aromatic rings. The van der Waals surface area contributed by atoms with Crippen LogP contribution in [0.4, 0.5) is 0 Å². The predicted octanol–water partition coefficient (Wildman–Crippen LogP) is 2.81. The number of nitrogens with two attached hydrogens (primary N) is 1. The molecule has 0 aliphatic carbocycles. The number of primary amides is 1. The maximum Gasteiger partial charge on any atom is 0.230 e. The van der Waals surface area contributed by atoms with Gasteiger partial charge in [0.25, 0.3) is 0 Å². The number of rotatable bonds is 3. The second-order valence-electron chi connectivity index (χ2n) is 3.67. The highest BCUT2D eigenvalue weighted by Crippen LogP contribution is 2.26. The number of fused-ring (bicyclic) bond motifs is 1. The Kier molecular flexibility index (Phi) is 3.15. The van der Waals surface area contributed by atoms with Gasteiger partial charge < -0.3 is 5.73 Å². The van der Waals surface area contributed by atoms with Crippen LogP contribution in [0.5, 0.6) is 0 Å². The minimum Gasteiger partial charge on any atom is -0.369 e. The molecule has 0 spiro atoms. The fourth-order valence-electron chi connectivity index (χ4n) is 1.50. The molecule has 2 N–H and O–H groups in total. The second-order valence-corrected chi connectivity index (χ2v) is 5.09. The van der Waals surface area contributed by atoms with Crippen molar-refractivity contribution < 1.29 is 4.79 Å². The molecule has 3 heteroatoms. The number of thioether (sulfide) groups is 1. The lowest BCUT2D eigenvalue weighted by atomic mass is 10.1. The first kappa shape index (κ1) is 11.0. The van der Waals surface area contributed by atoms with Gasteiger partial charge in [-0.3, -0.25) is 4.79 Å². The van der Waals surface area contributed by atoms with Crippen LogP contribution in [0.3, 0.4) is 0 Å². The van der Waals surface area contributed by atoms with Gasteiger partial charge in [0.1, 0.15) is 0 Å². The predicted molar refractivity (Wildman–Crippen MR) is 68.5 cm³/mol. The molecule has 0 aliphatic heterocycles. The minimum absolute atomic E-state index is 0.193. The van der Waals surface area contributed by atoms with Crippen molar-refractivity contribution in [3.05, 3.63) is 42.5 Å². The maximum absolute atomic E-state index is 11.0. The van der Waals surface area contributed by atoms with E-state index in [1.807, 2.05) is 25.1 Å². The zero-order valence-corrected chi connectivity index (χ0v) is 9.83. The van der Waals surface area contributed by atoms with Gasteiger partial charge in [0.15, 0.2) is 0 Å². The normalized spacial score (nSPS) is 12.6. The van der Waals surface area contributed by atoms with Crippen molar-refractivity contribution in [1.82, 2.24) is 0 Å². The van der Waals surface area contributed by atoms with E-state index in [9.17, 15) is 4.79 Å². The van der Waals surface area contributed by atoms with Crippen LogP contribution in [-0.2, 0) is 4.79 Å². The summed E-state index contributed by atoms with van der Waals surface area (Å²) in [5.74, 6) is -0.279. The summed E-state index contributed by atoms with van der Waals surface area (Å²) in [7, 11) is 0. The molecule has 1 unspecified atom stereocenters. The van der Waals surface area contributed by atoms with Crippen LogP contribution in [0.1, 0.15) is 6.92 Å². The van der Waals surface area contributed by atoms with E-state index in [1.54, 1.807) is 0 Å². The molecule has 16 heavy (non-hydrogen) atoms. The van der Waals surface area contributed by atoms with Crippen LogP contribution < -0.4 is 5.73 Å². The van der Waals surface area contributed by atoms with Crippen molar-refractivity contribution >= 4 is 28.4 Å². The van der Waals surface area contributed by atoms with Crippen molar-refractivity contribution in [1.29, 1.82) is 0 Å². The number of benzene rings is 2. The molecule has 0 fully saturated rings.